The number of aromatic amines is 1. The van der Waals surface area contributed by atoms with E-state index in [1.165, 1.54) is 6.07 Å². The van der Waals surface area contributed by atoms with Crippen molar-refractivity contribution < 1.29 is 12.8 Å². The van der Waals surface area contributed by atoms with E-state index < -0.39 is 10.0 Å². The van der Waals surface area contributed by atoms with Crippen LogP contribution in [0.4, 0.5) is 10.1 Å². The van der Waals surface area contributed by atoms with Crippen LogP contribution in [0.15, 0.2) is 61.1 Å². The number of hydrogen-bond donors (Lipinski definition) is 2. The Bertz CT molecular complexity index is 1490. The third kappa shape index (κ3) is 4.49. The minimum atomic E-state index is -3.13. The Balaban J connectivity index is 1.24. The van der Waals surface area contributed by atoms with E-state index >= 15 is 4.39 Å². The molecule has 4 aromatic rings. The van der Waals surface area contributed by atoms with Gasteiger partial charge in [0.25, 0.3) is 0 Å². The molecule has 0 unspecified atom stereocenters. The van der Waals surface area contributed by atoms with Crippen LogP contribution in [0.25, 0.3) is 22.2 Å². The number of pyridine rings is 2. The van der Waals surface area contributed by atoms with Crippen molar-refractivity contribution in [3.8, 4) is 11.1 Å². The zero-order chi connectivity index (χ0) is 24.7. The normalized spacial score (nSPS) is 17.5. The Morgan fingerprint density at radius 1 is 0.972 bits per heavy atom. The van der Waals surface area contributed by atoms with Crippen molar-refractivity contribution >= 4 is 26.7 Å². The second-order valence-electron chi connectivity index (χ2n) is 9.67. The zero-order valence-electron chi connectivity index (χ0n) is 19.8. The van der Waals surface area contributed by atoms with E-state index in [0.717, 1.165) is 53.6 Å². The van der Waals surface area contributed by atoms with Crippen molar-refractivity contribution in [2.75, 3.05) is 18.4 Å². The number of piperidine rings is 1. The van der Waals surface area contributed by atoms with Crippen molar-refractivity contribution in [3.05, 3.63) is 78.1 Å². The molecule has 2 aliphatic rings. The molecule has 2 N–H and O–H groups in total. The first-order valence-corrected chi connectivity index (χ1v) is 13.9. The molecule has 0 amide bonds. The Morgan fingerprint density at radius 3 is 2.50 bits per heavy atom. The summed E-state index contributed by atoms with van der Waals surface area (Å²) in [5.74, 6) is -0.0748. The molecule has 0 bridgehead atoms. The molecule has 6 rings (SSSR count). The van der Waals surface area contributed by atoms with Gasteiger partial charge >= 0.3 is 0 Å². The topological polar surface area (TPSA) is 91.0 Å². The Kier molecular flexibility index (Phi) is 5.97. The molecule has 3 aromatic heterocycles. The molecular weight excluding hydrogens is 477 g/mol. The zero-order valence-corrected chi connectivity index (χ0v) is 20.6. The lowest BCUT2D eigenvalue weighted by molar-refractivity contribution is 0.317. The van der Waals surface area contributed by atoms with Gasteiger partial charge in [0.15, 0.2) is 0 Å². The molecule has 1 aromatic carbocycles. The first-order chi connectivity index (χ1) is 17.5. The van der Waals surface area contributed by atoms with Gasteiger partial charge in [0.1, 0.15) is 11.5 Å². The van der Waals surface area contributed by atoms with Crippen LogP contribution in [0.3, 0.4) is 0 Å². The second-order valence-corrected chi connectivity index (χ2v) is 11.9. The molecule has 1 aliphatic carbocycles. The molecule has 7 nitrogen and oxygen atoms in total. The van der Waals surface area contributed by atoms with E-state index in [2.05, 4.69) is 26.3 Å². The van der Waals surface area contributed by atoms with Gasteiger partial charge in [-0.05, 0) is 79.3 Å². The molecule has 1 aliphatic heterocycles. The van der Waals surface area contributed by atoms with Crippen LogP contribution in [-0.4, -0.2) is 46.0 Å². The summed E-state index contributed by atoms with van der Waals surface area (Å²) in [4.78, 5) is 12.0. The van der Waals surface area contributed by atoms with Gasteiger partial charge in [-0.2, -0.15) is 0 Å². The smallest absolute Gasteiger partial charge is 0.216 e. The van der Waals surface area contributed by atoms with E-state index in [9.17, 15) is 8.42 Å². The molecule has 2 fully saturated rings. The van der Waals surface area contributed by atoms with E-state index in [4.69, 9.17) is 0 Å². The van der Waals surface area contributed by atoms with Gasteiger partial charge in [-0.15, -0.1) is 0 Å². The number of sulfonamides is 1. The molecular formula is C27H28FN5O2S. The molecule has 4 heterocycles. The van der Waals surface area contributed by atoms with Gasteiger partial charge in [-0.1, -0.05) is 0 Å². The van der Waals surface area contributed by atoms with E-state index in [-0.39, 0.29) is 17.0 Å². The van der Waals surface area contributed by atoms with Crippen LogP contribution in [0.5, 0.6) is 0 Å². The molecule has 0 atom stereocenters. The quantitative estimate of drug-likeness (QED) is 0.367. The largest absolute Gasteiger partial charge is 0.381 e. The Morgan fingerprint density at radius 2 is 1.75 bits per heavy atom. The van der Waals surface area contributed by atoms with Crippen molar-refractivity contribution in [1.29, 1.82) is 0 Å². The number of anilines is 1. The average molecular weight is 506 g/mol. The van der Waals surface area contributed by atoms with Crippen LogP contribution in [0, 0.1) is 5.82 Å². The monoisotopic (exact) mass is 505 g/mol. The fourth-order valence-electron chi connectivity index (χ4n) is 5.05. The fraction of sp³-hybridized carbons (Fsp3) is 0.333. The summed E-state index contributed by atoms with van der Waals surface area (Å²) in [7, 11) is -3.13. The summed E-state index contributed by atoms with van der Waals surface area (Å²) in [5, 5.41) is 4.06. The maximum absolute atomic E-state index is 15.0. The lowest BCUT2D eigenvalue weighted by Crippen LogP contribution is -2.39. The molecule has 36 heavy (non-hydrogen) atoms. The highest BCUT2D eigenvalue weighted by atomic mass is 32.2. The van der Waals surface area contributed by atoms with E-state index in [0.29, 0.717) is 30.8 Å². The van der Waals surface area contributed by atoms with Gasteiger partial charge in [-0.3, -0.25) is 4.98 Å². The number of fused-ring (bicyclic) bond motifs is 1. The molecule has 0 spiro atoms. The summed E-state index contributed by atoms with van der Waals surface area (Å²) in [6.45, 7) is 1.70. The van der Waals surface area contributed by atoms with Gasteiger partial charge < -0.3 is 10.3 Å². The number of rotatable bonds is 7. The third-order valence-electron chi connectivity index (χ3n) is 7.25. The maximum atomic E-state index is 15.0. The predicted octanol–water partition coefficient (Wildman–Crippen LogP) is 5.05. The van der Waals surface area contributed by atoms with Crippen molar-refractivity contribution in [1.82, 2.24) is 19.3 Å². The van der Waals surface area contributed by atoms with Crippen LogP contribution >= 0.6 is 0 Å². The summed E-state index contributed by atoms with van der Waals surface area (Å²) < 4.78 is 41.8. The summed E-state index contributed by atoms with van der Waals surface area (Å²) in [6.07, 6.45) is 8.29. The standard InChI is InChI=1S/C27H28FN5O2S/c28-25-4-1-20(31-17-18-5-10-29-11-6-18)15-23(25)22-7-12-30-27-24(22)16-26(32-27)19-8-13-33(14-9-19)36(34,35)21-2-3-21/h1,4-7,10-12,15-16,19,21,31H,2-3,8-9,13-14,17H2,(H,30,32). The number of H-pyrrole nitrogens is 1. The van der Waals surface area contributed by atoms with Crippen LogP contribution < -0.4 is 5.32 Å². The minimum absolute atomic E-state index is 0.168. The number of hydrogen-bond acceptors (Lipinski definition) is 5. The predicted molar refractivity (Wildman–Crippen MR) is 139 cm³/mol. The van der Waals surface area contributed by atoms with Gasteiger partial charge in [0, 0.05) is 66.5 Å². The number of aromatic nitrogens is 3. The van der Waals surface area contributed by atoms with Gasteiger partial charge in [0.2, 0.25) is 10.0 Å². The summed E-state index contributed by atoms with van der Waals surface area (Å²) >= 11 is 0. The highest BCUT2D eigenvalue weighted by Gasteiger charge is 2.41. The maximum Gasteiger partial charge on any atom is 0.216 e. The molecule has 1 saturated carbocycles. The lowest BCUT2D eigenvalue weighted by Gasteiger charge is -2.30. The minimum Gasteiger partial charge on any atom is -0.381 e. The summed E-state index contributed by atoms with van der Waals surface area (Å²) in [6, 6.07) is 12.8. The van der Waals surface area contributed by atoms with Crippen molar-refractivity contribution in [3.63, 3.8) is 0 Å². The molecule has 0 radical (unpaired) electrons. The fourth-order valence-corrected chi connectivity index (χ4v) is 6.92. The van der Waals surface area contributed by atoms with Crippen LogP contribution in [0.1, 0.15) is 42.9 Å². The lowest BCUT2D eigenvalue weighted by atomic mass is 9.94. The first-order valence-electron chi connectivity index (χ1n) is 12.4. The van der Waals surface area contributed by atoms with Crippen LogP contribution in [-0.2, 0) is 16.6 Å². The highest BCUT2D eigenvalue weighted by molar-refractivity contribution is 7.90. The van der Waals surface area contributed by atoms with Crippen molar-refractivity contribution in [2.45, 2.75) is 43.4 Å². The van der Waals surface area contributed by atoms with E-state index in [1.807, 2.05) is 24.3 Å². The number of nitrogens with one attached hydrogen (secondary N) is 2. The number of halogens is 1. The SMILES string of the molecule is O=S(=O)(C1CC1)N1CCC(c2cc3c(-c4cc(NCc5ccncc5)ccc4F)ccnc3[nH]2)CC1. The van der Waals surface area contributed by atoms with Gasteiger partial charge in [-0.25, -0.2) is 22.1 Å². The van der Waals surface area contributed by atoms with Crippen molar-refractivity contribution in [2.24, 2.45) is 0 Å². The Labute approximate surface area is 209 Å². The molecule has 1 saturated heterocycles. The second kappa shape index (κ2) is 9.29. The number of nitrogens with zero attached hydrogens (tertiary/aromatic N) is 3. The van der Waals surface area contributed by atoms with Gasteiger partial charge in [0.05, 0.1) is 5.25 Å². The first kappa shape index (κ1) is 23.1. The molecule has 186 valence electrons. The Hall–Kier alpha value is -3.30. The van der Waals surface area contributed by atoms with E-state index in [1.54, 1.807) is 29.0 Å². The average Bonchev–Trinajstić information content (AvgIpc) is 3.68. The highest BCUT2D eigenvalue weighted by Crippen LogP contribution is 2.38. The van der Waals surface area contributed by atoms with Crippen LogP contribution in [0.2, 0.25) is 0 Å². The summed E-state index contributed by atoms with van der Waals surface area (Å²) in [5.41, 5.74) is 4.95. The number of benzene rings is 1. The molecule has 9 heteroatoms. The third-order valence-corrected chi connectivity index (χ3v) is 9.65.